The van der Waals surface area contributed by atoms with Crippen molar-refractivity contribution in [1.82, 2.24) is 0 Å². The lowest BCUT2D eigenvalue weighted by atomic mass is 10.2. The molecule has 0 aliphatic heterocycles. The Balaban J connectivity index is 2.20. The van der Waals surface area contributed by atoms with Crippen LogP contribution in [0.15, 0.2) is 18.2 Å². The number of carboxylic acid groups (broad SMARTS) is 1. The highest BCUT2D eigenvalue weighted by molar-refractivity contribution is 5.97. The van der Waals surface area contributed by atoms with E-state index in [0.717, 1.165) is 19.3 Å². The van der Waals surface area contributed by atoms with E-state index >= 15 is 0 Å². The number of aromatic carboxylic acids is 1. The van der Waals surface area contributed by atoms with E-state index in [-0.39, 0.29) is 17.4 Å². The smallest absolute Gasteiger partial charge is 0.335 e. The van der Waals surface area contributed by atoms with Crippen molar-refractivity contribution < 1.29 is 19.4 Å². The van der Waals surface area contributed by atoms with Crippen LogP contribution in [0.4, 0.5) is 5.69 Å². The second kappa shape index (κ2) is 5.73. The molecular weight excluding hydrogens is 246 g/mol. The molecule has 0 saturated heterocycles. The molecule has 0 bridgehead atoms. The molecule has 5 heteroatoms. The molecule has 0 spiro atoms. The Morgan fingerprint density at radius 1 is 1.42 bits per heavy atom. The van der Waals surface area contributed by atoms with Gasteiger partial charge in [-0.3, -0.25) is 4.79 Å². The van der Waals surface area contributed by atoms with Gasteiger partial charge >= 0.3 is 5.97 Å². The largest absolute Gasteiger partial charge is 0.491 e. The van der Waals surface area contributed by atoms with Crippen molar-refractivity contribution in [3.8, 4) is 5.75 Å². The average molecular weight is 263 g/mol. The zero-order valence-corrected chi connectivity index (χ0v) is 10.8. The molecule has 1 saturated carbocycles. The maximum atomic E-state index is 11.8. The van der Waals surface area contributed by atoms with Crippen LogP contribution in [0.25, 0.3) is 0 Å². The zero-order chi connectivity index (χ0) is 13.8. The molecule has 1 fully saturated rings. The van der Waals surface area contributed by atoms with Crippen LogP contribution in [-0.4, -0.2) is 23.6 Å². The highest BCUT2D eigenvalue weighted by atomic mass is 16.5. The van der Waals surface area contributed by atoms with Gasteiger partial charge < -0.3 is 15.2 Å². The number of benzene rings is 1. The van der Waals surface area contributed by atoms with Gasteiger partial charge in [0.2, 0.25) is 5.91 Å². The predicted molar refractivity (Wildman–Crippen MR) is 70.5 cm³/mol. The molecule has 5 nitrogen and oxygen atoms in total. The Hall–Kier alpha value is -2.04. The van der Waals surface area contributed by atoms with E-state index in [0.29, 0.717) is 18.0 Å². The van der Waals surface area contributed by atoms with Gasteiger partial charge in [-0.05, 0) is 37.5 Å². The summed E-state index contributed by atoms with van der Waals surface area (Å²) >= 11 is 0. The molecule has 0 unspecified atom stereocenters. The predicted octanol–water partition coefficient (Wildman–Crippen LogP) is 2.52. The summed E-state index contributed by atoms with van der Waals surface area (Å²) in [6.45, 7) is 2.51. The monoisotopic (exact) mass is 263 g/mol. The minimum absolute atomic E-state index is 0.0625. The number of anilines is 1. The van der Waals surface area contributed by atoms with Gasteiger partial charge in [0.1, 0.15) is 5.75 Å². The number of amides is 1. The lowest BCUT2D eigenvalue weighted by Gasteiger charge is -2.12. The van der Waals surface area contributed by atoms with Crippen LogP contribution in [0, 0.1) is 5.92 Å². The van der Waals surface area contributed by atoms with E-state index in [9.17, 15) is 9.59 Å². The number of nitrogens with one attached hydrogen (secondary N) is 1. The van der Waals surface area contributed by atoms with Crippen LogP contribution in [-0.2, 0) is 4.79 Å². The zero-order valence-electron chi connectivity index (χ0n) is 10.8. The SMILES string of the molecule is CCCOc1ccc(C(=O)O)cc1NC(=O)C1CC1. The van der Waals surface area contributed by atoms with E-state index < -0.39 is 5.97 Å². The van der Waals surface area contributed by atoms with Crippen LogP contribution in [0.3, 0.4) is 0 Å². The van der Waals surface area contributed by atoms with Crippen LogP contribution in [0.1, 0.15) is 36.5 Å². The third-order valence-electron chi connectivity index (χ3n) is 2.89. The van der Waals surface area contributed by atoms with Gasteiger partial charge in [0, 0.05) is 5.92 Å². The molecule has 0 heterocycles. The van der Waals surface area contributed by atoms with E-state index in [1.807, 2.05) is 6.92 Å². The molecule has 19 heavy (non-hydrogen) atoms. The lowest BCUT2D eigenvalue weighted by molar-refractivity contribution is -0.117. The minimum atomic E-state index is -1.02. The van der Waals surface area contributed by atoms with Gasteiger partial charge in [0.05, 0.1) is 17.9 Å². The topological polar surface area (TPSA) is 75.6 Å². The normalized spacial score (nSPS) is 13.9. The van der Waals surface area contributed by atoms with Crippen molar-refractivity contribution in [2.45, 2.75) is 26.2 Å². The highest BCUT2D eigenvalue weighted by Crippen LogP contribution is 2.32. The number of hydrogen-bond acceptors (Lipinski definition) is 3. The highest BCUT2D eigenvalue weighted by Gasteiger charge is 2.30. The molecule has 1 aliphatic carbocycles. The quantitative estimate of drug-likeness (QED) is 0.827. The fourth-order valence-electron chi connectivity index (χ4n) is 1.68. The number of carboxylic acids is 1. The van der Waals surface area contributed by atoms with E-state index in [4.69, 9.17) is 9.84 Å². The van der Waals surface area contributed by atoms with Crippen LogP contribution < -0.4 is 10.1 Å². The summed E-state index contributed by atoms with van der Waals surface area (Å²) in [7, 11) is 0. The summed E-state index contributed by atoms with van der Waals surface area (Å²) in [6, 6.07) is 4.50. The first kappa shape index (κ1) is 13.4. The first-order valence-electron chi connectivity index (χ1n) is 6.42. The van der Waals surface area contributed by atoms with Crippen LogP contribution in [0.2, 0.25) is 0 Å². The minimum Gasteiger partial charge on any atom is -0.491 e. The molecule has 102 valence electrons. The van der Waals surface area contributed by atoms with Gasteiger partial charge in [0.25, 0.3) is 0 Å². The maximum absolute atomic E-state index is 11.8. The van der Waals surface area contributed by atoms with Crippen molar-refractivity contribution in [3.63, 3.8) is 0 Å². The fraction of sp³-hybridized carbons (Fsp3) is 0.429. The molecule has 0 atom stereocenters. The Bertz CT molecular complexity index is 494. The average Bonchev–Trinajstić information content (AvgIpc) is 3.21. The molecule has 1 aliphatic rings. The fourth-order valence-corrected chi connectivity index (χ4v) is 1.68. The first-order valence-corrected chi connectivity index (χ1v) is 6.42. The molecule has 2 N–H and O–H groups in total. The van der Waals surface area contributed by atoms with E-state index in [1.165, 1.54) is 12.1 Å². The maximum Gasteiger partial charge on any atom is 0.335 e. The Morgan fingerprint density at radius 2 is 2.16 bits per heavy atom. The first-order chi connectivity index (χ1) is 9.11. The summed E-state index contributed by atoms with van der Waals surface area (Å²) < 4.78 is 5.51. The second-order valence-electron chi connectivity index (χ2n) is 4.63. The number of carbonyl (C=O) groups excluding carboxylic acids is 1. The van der Waals surface area contributed by atoms with Crippen molar-refractivity contribution >= 4 is 17.6 Å². The molecule has 1 amide bonds. The third-order valence-corrected chi connectivity index (χ3v) is 2.89. The van der Waals surface area contributed by atoms with Gasteiger partial charge in [0.15, 0.2) is 0 Å². The Labute approximate surface area is 111 Å². The summed E-state index contributed by atoms with van der Waals surface area (Å²) in [5.74, 6) is -0.513. The number of hydrogen-bond donors (Lipinski definition) is 2. The lowest BCUT2D eigenvalue weighted by Crippen LogP contribution is -2.15. The molecule has 1 aromatic rings. The van der Waals surface area contributed by atoms with Crippen molar-refractivity contribution in [3.05, 3.63) is 23.8 Å². The third kappa shape index (κ3) is 3.47. The van der Waals surface area contributed by atoms with E-state index in [1.54, 1.807) is 6.07 Å². The van der Waals surface area contributed by atoms with Gasteiger partial charge in [-0.25, -0.2) is 4.79 Å². The number of rotatable bonds is 6. The molecule has 2 rings (SSSR count). The van der Waals surface area contributed by atoms with Crippen molar-refractivity contribution in [2.75, 3.05) is 11.9 Å². The molecular formula is C14H17NO4. The summed E-state index contributed by atoms with van der Waals surface area (Å²) in [4.78, 5) is 22.7. The van der Waals surface area contributed by atoms with Gasteiger partial charge in [-0.1, -0.05) is 6.92 Å². The number of ether oxygens (including phenoxy) is 1. The molecule has 0 aromatic heterocycles. The van der Waals surface area contributed by atoms with Gasteiger partial charge in [-0.2, -0.15) is 0 Å². The second-order valence-corrected chi connectivity index (χ2v) is 4.63. The van der Waals surface area contributed by atoms with Crippen LogP contribution >= 0.6 is 0 Å². The Morgan fingerprint density at radius 3 is 2.74 bits per heavy atom. The number of carbonyl (C=O) groups is 2. The van der Waals surface area contributed by atoms with Gasteiger partial charge in [-0.15, -0.1) is 0 Å². The summed E-state index contributed by atoms with van der Waals surface area (Å²) in [6.07, 6.45) is 2.64. The Kier molecular flexibility index (Phi) is 4.04. The summed E-state index contributed by atoms with van der Waals surface area (Å²) in [5.41, 5.74) is 0.570. The molecule has 0 radical (unpaired) electrons. The standard InChI is InChI=1S/C14H17NO4/c1-2-7-19-12-6-5-10(14(17)18)8-11(12)15-13(16)9-3-4-9/h5-6,8-9H,2-4,7H2,1H3,(H,15,16)(H,17,18). The summed E-state index contributed by atoms with van der Waals surface area (Å²) in [5, 5.41) is 11.7. The van der Waals surface area contributed by atoms with Crippen molar-refractivity contribution in [1.29, 1.82) is 0 Å². The van der Waals surface area contributed by atoms with E-state index in [2.05, 4.69) is 5.32 Å². The van der Waals surface area contributed by atoms with Crippen LogP contribution in [0.5, 0.6) is 5.75 Å². The van der Waals surface area contributed by atoms with Crippen molar-refractivity contribution in [2.24, 2.45) is 5.92 Å². The molecule has 1 aromatic carbocycles.